The minimum Gasteiger partial charge on any atom is -0.362 e. The van der Waals surface area contributed by atoms with Crippen molar-refractivity contribution in [1.82, 2.24) is 9.97 Å². The first-order chi connectivity index (χ1) is 8.65. The van der Waals surface area contributed by atoms with Crippen molar-refractivity contribution in [3.05, 3.63) is 17.3 Å². The van der Waals surface area contributed by atoms with Crippen LogP contribution in [0.3, 0.4) is 0 Å². The van der Waals surface area contributed by atoms with Crippen molar-refractivity contribution in [2.75, 3.05) is 11.9 Å². The van der Waals surface area contributed by atoms with Gasteiger partial charge in [-0.1, -0.05) is 13.8 Å². The zero-order valence-corrected chi connectivity index (χ0v) is 12.0. The zero-order valence-electron chi connectivity index (χ0n) is 11.2. The van der Waals surface area contributed by atoms with Gasteiger partial charge in [0.25, 0.3) is 0 Å². The highest BCUT2D eigenvalue weighted by atomic mass is 32.1. The van der Waals surface area contributed by atoms with Gasteiger partial charge >= 0.3 is 0 Å². The summed E-state index contributed by atoms with van der Waals surface area (Å²) in [5, 5.41) is 5.65. The van der Waals surface area contributed by atoms with Gasteiger partial charge in [0.2, 0.25) is 0 Å². The molecule has 0 aliphatic carbocycles. The minimum absolute atomic E-state index is 0.0703. The third-order valence-corrected chi connectivity index (χ3v) is 4.75. The molecular weight excluding hydrogens is 244 g/mol. The molecule has 4 nitrogen and oxygen atoms in total. The number of aryl methyl sites for hydroxylation is 1. The highest BCUT2D eigenvalue weighted by Crippen LogP contribution is 2.31. The zero-order chi connectivity index (χ0) is 13.2. The first kappa shape index (κ1) is 13.2. The first-order valence-electron chi connectivity index (χ1n) is 6.33. The van der Waals surface area contributed by atoms with Gasteiger partial charge in [-0.05, 0) is 30.7 Å². The van der Waals surface area contributed by atoms with E-state index < -0.39 is 0 Å². The Hall–Kier alpha value is -1.20. The summed E-state index contributed by atoms with van der Waals surface area (Å²) in [6, 6.07) is 0. The second-order valence-corrected chi connectivity index (χ2v) is 5.51. The highest BCUT2D eigenvalue weighted by molar-refractivity contribution is 7.18. The number of anilines is 1. The standard InChI is InChI=1S/C13H20N4S/c1-4-13(5-2,7-14)17-12-11-10(15-8-16-12)9(3)6-18-11/h6,8H,4-5,7,14H2,1-3H3,(H,15,16,17). The smallest absolute Gasteiger partial charge is 0.147 e. The summed E-state index contributed by atoms with van der Waals surface area (Å²) in [6.07, 6.45) is 3.59. The molecular formula is C13H20N4S. The molecule has 0 amide bonds. The van der Waals surface area contributed by atoms with E-state index in [2.05, 4.69) is 41.4 Å². The molecule has 0 saturated heterocycles. The van der Waals surface area contributed by atoms with Crippen LogP contribution in [0, 0.1) is 6.92 Å². The Balaban J connectivity index is 2.42. The predicted octanol–water partition coefficient (Wildman–Crippen LogP) is 2.93. The molecule has 0 bridgehead atoms. The maximum atomic E-state index is 5.92. The molecule has 5 heteroatoms. The molecule has 0 unspecified atom stereocenters. The lowest BCUT2D eigenvalue weighted by molar-refractivity contribution is 0.444. The first-order valence-corrected chi connectivity index (χ1v) is 7.20. The normalized spacial score (nSPS) is 12.0. The lowest BCUT2D eigenvalue weighted by Gasteiger charge is -2.32. The Morgan fingerprint density at radius 2 is 2.06 bits per heavy atom. The van der Waals surface area contributed by atoms with Gasteiger partial charge in [-0.25, -0.2) is 9.97 Å². The number of nitrogens with zero attached hydrogens (tertiary/aromatic N) is 2. The van der Waals surface area contributed by atoms with Crippen molar-refractivity contribution in [2.24, 2.45) is 5.73 Å². The summed E-state index contributed by atoms with van der Waals surface area (Å²) in [5.41, 5.74) is 8.09. The van der Waals surface area contributed by atoms with Crippen LogP contribution in [0.2, 0.25) is 0 Å². The number of hydrogen-bond donors (Lipinski definition) is 2. The molecule has 3 N–H and O–H groups in total. The second-order valence-electron chi connectivity index (χ2n) is 4.64. The average Bonchev–Trinajstić information content (AvgIpc) is 2.79. The molecule has 0 fully saturated rings. The Labute approximate surface area is 112 Å². The summed E-state index contributed by atoms with van der Waals surface area (Å²) >= 11 is 1.68. The van der Waals surface area contributed by atoms with E-state index >= 15 is 0 Å². The number of thiophene rings is 1. The van der Waals surface area contributed by atoms with Crippen LogP contribution < -0.4 is 11.1 Å². The van der Waals surface area contributed by atoms with E-state index in [1.807, 2.05) is 0 Å². The molecule has 0 aromatic carbocycles. The van der Waals surface area contributed by atoms with E-state index in [1.165, 1.54) is 5.56 Å². The molecule has 0 spiro atoms. The fourth-order valence-corrected chi connectivity index (χ4v) is 3.02. The summed E-state index contributed by atoms with van der Waals surface area (Å²) in [4.78, 5) is 8.72. The maximum Gasteiger partial charge on any atom is 0.147 e. The number of hydrogen-bond acceptors (Lipinski definition) is 5. The van der Waals surface area contributed by atoms with E-state index in [0.29, 0.717) is 6.54 Å². The van der Waals surface area contributed by atoms with Crippen molar-refractivity contribution in [3.8, 4) is 0 Å². The SMILES string of the molecule is CCC(CC)(CN)Nc1ncnc2c(C)csc12. The van der Waals surface area contributed by atoms with Crippen molar-refractivity contribution in [3.63, 3.8) is 0 Å². The van der Waals surface area contributed by atoms with E-state index in [1.54, 1.807) is 17.7 Å². The van der Waals surface area contributed by atoms with Crippen LogP contribution in [-0.2, 0) is 0 Å². The van der Waals surface area contributed by atoms with Crippen LogP contribution in [-0.4, -0.2) is 22.1 Å². The van der Waals surface area contributed by atoms with E-state index in [9.17, 15) is 0 Å². The molecule has 2 aromatic rings. The Bertz CT molecular complexity index is 523. The van der Waals surface area contributed by atoms with Crippen LogP contribution in [0.4, 0.5) is 5.82 Å². The third-order valence-electron chi connectivity index (χ3n) is 3.66. The molecule has 0 aliphatic rings. The number of fused-ring (bicyclic) bond motifs is 1. The number of nitrogens with two attached hydrogens (primary N) is 1. The number of nitrogens with one attached hydrogen (secondary N) is 1. The summed E-state index contributed by atoms with van der Waals surface area (Å²) < 4.78 is 1.12. The van der Waals surface area contributed by atoms with Crippen LogP contribution >= 0.6 is 11.3 Å². The van der Waals surface area contributed by atoms with Crippen molar-refractivity contribution in [2.45, 2.75) is 39.2 Å². The molecule has 98 valence electrons. The molecule has 0 radical (unpaired) electrons. The second kappa shape index (κ2) is 5.20. The molecule has 0 saturated carbocycles. The average molecular weight is 264 g/mol. The monoisotopic (exact) mass is 264 g/mol. The third kappa shape index (κ3) is 2.20. The largest absolute Gasteiger partial charge is 0.362 e. The number of aromatic nitrogens is 2. The van der Waals surface area contributed by atoms with Crippen LogP contribution in [0.1, 0.15) is 32.3 Å². The molecule has 2 heterocycles. The molecule has 18 heavy (non-hydrogen) atoms. The molecule has 0 aliphatic heterocycles. The van der Waals surface area contributed by atoms with E-state index in [0.717, 1.165) is 28.9 Å². The van der Waals surface area contributed by atoms with Gasteiger partial charge in [0.1, 0.15) is 12.1 Å². The van der Waals surface area contributed by atoms with Crippen molar-refractivity contribution in [1.29, 1.82) is 0 Å². The molecule has 0 atom stereocenters. The number of rotatable bonds is 5. The Morgan fingerprint density at radius 3 is 2.67 bits per heavy atom. The fraction of sp³-hybridized carbons (Fsp3) is 0.538. The van der Waals surface area contributed by atoms with Gasteiger partial charge in [-0.2, -0.15) is 0 Å². The van der Waals surface area contributed by atoms with Gasteiger partial charge in [0.15, 0.2) is 0 Å². The van der Waals surface area contributed by atoms with Gasteiger partial charge in [0, 0.05) is 6.54 Å². The van der Waals surface area contributed by atoms with E-state index in [-0.39, 0.29) is 5.54 Å². The highest BCUT2D eigenvalue weighted by Gasteiger charge is 2.25. The summed E-state index contributed by atoms with van der Waals surface area (Å²) in [6.45, 7) is 6.99. The van der Waals surface area contributed by atoms with Crippen LogP contribution in [0.5, 0.6) is 0 Å². The van der Waals surface area contributed by atoms with Crippen LogP contribution in [0.15, 0.2) is 11.7 Å². The van der Waals surface area contributed by atoms with Crippen molar-refractivity contribution < 1.29 is 0 Å². The quantitative estimate of drug-likeness (QED) is 0.871. The van der Waals surface area contributed by atoms with Crippen LogP contribution in [0.25, 0.3) is 10.2 Å². The fourth-order valence-electron chi connectivity index (χ4n) is 2.08. The summed E-state index contributed by atoms with van der Waals surface area (Å²) in [7, 11) is 0. The Morgan fingerprint density at radius 1 is 1.33 bits per heavy atom. The Kier molecular flexibility index (Phi) is 3.82. The topological polar surface area (TPSA) is 63.8 Å². The lowest BCUT2D eigenvalue weighted by Crippen LogP contribution is -2.44. The van der Waals surface area contributed by atoms with Gasteiger partial charge in [-0.15, -0.1) is 11.3 Å². The van der Waals surface area contributed by atoms with Gasteiger partial charge < -0.3 is 11.1 Å². The summed E-state index contributed by atoms with van der Waals surface area (Å²) in [5.74, 6) is 0.909. The van der Waals surface area contributed by atoms with Crippen molar-refractivity contribution >= 4 is 27.4 Å². The molecule has 2 rings (SSSR count). The van der Waals surface area contributed by atoms with Gasteiger partial charge in [-0.3, -0.25) is 0 Å². The van der Waals surface area contributed by atoms with Gasteiger partial charge in [0.05, 0.1) is 15.8 Å². The molecule has 2 aromatic heterocycles. The van der Waals surface area contributed by atoms with E-state index in [4.69, 9.17) is 5.73 Å². The predicted molar refractivity (Wildman–Crippen MR) is 78.1 cm³/mol. The maximum absolute atomic E-state index is 5.92. The lowest BCUT2D eigenvalue weighted by atomic mass is 9.93. The minimum atomic E-state index is -0.0703.